The van der Waals surface area contributed by atoms with Gasteiger partial charge in [0, 0.05) is 5.69 Å². The molecular weight excluding hydrogens is 407 g/mol. The van der Waals surface area contributed by atoms with Crippen molar-refractivity contribution >= 4 is 73.7 Å². The van der Waals surface area contributed by atoms with Crippen LogP contribution >= 0.6 is 34.5 Å². The highest BCUT2D eigenvalue weighted by Gasteiger charge is 2.24. The maximum Gasteiger partial charge on any atom is 0.209 e. The Morgan fingerprint density at radius 1 is 1.19 bits per heavy atom. The maximum absolute atomic E-state index is 12.9. The third kappa shape index (κ3) is 3.18. The summed E-state index contributed by atoms with van der Waals surface area (Å²) in [5, 5.41) is 3.89. The van der Waals surface area contributed by atoms with Crippen molar-refractivity contribution in [2.24, 2.45) is 0 Å². The van der Waals surface area contributed by atoms with Gasteiger partial charge in [0.05, 0.1) is 38.7 Å². The lowest BCUT2D eigenvalue weighted by molar-refractivity contribution is 0.104. The summed E-state index contributed by atoms with van der Waals surface area (Å²) in [7, 11) is 0. The number of nitrogens with one attached hydrogen (secondary N) is 2. The molecule has 0 atom stereocenters. The number of thiazole rings is 1. The SMILES string of the molecule is Nc1ccc(Cl)c(C(=O)c2sc(Nc3ccc4nc[nH]c4c3)nc2N)c1Cl. The predicted molar refractivity (Wildman–Crippen MR) is 110 cm³/mol. The molecule has 6 N–H and O–H groups in total. The summed E-state index contributed by atoms with van der Waals surface area (Å²) in [6, 6.07) is 8.66. The minimum Gasteiger partial charge on any atom is -0.398 e. The second-order valence-corrected chi connectivity index (χ2v) is 7.43. The Kier molecular flexibility index (Phi) is 4.39. The molecule has 10 heteroatoms. The van der Waals surface area contributed by atoms with Gasteiger partial charge in [-0.3, -0.25) is 4.79 Å². The molecule has 4 rings (SSSR count). The zero-order valence-corrected chi connectivity index (χ0v) is 15.9. The molecule has 0 aliphatic heterocycles. The molecule has 136 valence electrons. The Labute approximate surface area is 167 Å². The number of H-pyrrole nitrogens is 1. The molecule has 0 aliphatic rings. The Bertz CT molecular complexity index is 1190. The zero-order chi connectivity index (χ0) is 19.1. The van der Waals surface area contributed by atoms with Crippen LogP contribution < -0.4 is 16.8 Å². The van der Waals surface area contributed by atoms with Gasteiger partial charge in [-0.25, -0.2) is 9.97 Å². The van der Waals surface area contributed by atoms with E-state index in [2.05, 4.69) is 20.3 Å². The summed E-state index contributed by atoms with van der Waals surface area (Å²) in [4.78, 5) is 24.5. The van der Waals surface area contributed by atoms with Crippen molar-refractivity contribution in [3.8, 4) is 0 Å². The van der Waals surface area contributed by atoms with Crippen LogP contribution in [0.5, 0.6) is 0 Å². The Hall–Kier alpha value is -2.81. The van der Waals surface area contributed by atoms with Gasteiger partial charge in [-0.05, 0) is 30.3 Å². The van der Waals surface area contributed by atoms with Crippen LogP contribution in [0.15, 0.2) is 36.7 Å². The van der Waals surface area contributed by atoms with Gasteiger partial charge < -0.3 is 21.8 Å². The highest BCUT2D eigenvalue weighted by atomic mass is 35.5. The normalized spacial score (nSPS) is 11.0. The van der Waals surface area contributed by atoms with E-state index in [0.717, 1.165) is 28.1 Å². The van der Waals surface area contributed by atoms with Crippen LogP contribution in [0.2, 0.25) is 10.0 Å². The number of imidazole rings is 1. The maximum atomic E-state index is 12.9. The van der Waals surface area contributed by atoms with Crippen LogP contribution in [0.4, 0.5) is 22.3 Å². The van der Waals surface area contributed by atoms with E-state index in [0.29, 0.717) is 5.13 Å². The molecule has 0 amide bonds. The van der Waals surface area contributed by atoms with E-state index in [9.17, 15) is 4.79 Å². The predicted octanol–water partition coefficient (Wildman–Crippen LogP) is 4.47. The molecule has 2 aromatic heterocycles. The van der Waals surface area contributed by atoms with E-state index in [1.165, 1.54) is 12.1 Å². The number of carbonyl (C=O) groups is 1. The first kappa shape index (κ1) is 17.6. The quantitative estimate of drug-likeness (QED) is 0.286. The number of fused-ring (bicyclic) bond motifs is 1. The zero-order valence-electron chi connectivity index (χ0n) is 13.6. The Morgan fingerprint density at radius 2 is 2.00 bits per heavy atom. The number of aromatic nitrogens is 3. The van der Waals surface area contributed by atoms with Gasteiger partial charge in [0.25, 0.3) is 0 Å². The van der Waals surface area contributed by atoms with Gasteiger partial charge in [0.2, 0.25) is 5.78 Å². The van der Waals surface area contributed by atoms with Gasteiger partial charge in [0.1, 0.15) is 10.7 Å². The molecule has 7 nitrogen and oxygen atoms in total. The van der Waals surface area contributed by atoms with Crippen LogP contribution in [-0.4, -0.2) is 20.7 Å². The minimum atomic E-state index is -0.427. The average molecular weight is 419 g/mol. The molecule has 0 aliphatic carbocycles. The molecule has 2 aromatic carbocycles. The van der Waals surface area contributed by atoms with E-state index in [1.54, 1.807) is 6.33 Å². The number of nitrogen functional groups attached to an aromatic ring is 2. The molecule has 0 radical (unpaired) electrons. The summed E-state index contributed by atoms with van der Waals surface area (Å²) in [6.45, 7) is 0. The molecule has 0 fully saturated rings. The summed E-state index contributed by atoms with van der Waals surface area (Å²) in [5.41, 5.74) is 14.6. The second-order valence-electron chi connectivity index (χ2n) is 5.65. The number of nitrogens with two attached hydrogens (primary N) is 2. The van der Waals surface area contributed by atoms with E-state index in [1.807, 2.05) is 18.2 Å². The number of halogens is 2. The Morgan fingerprint density at radius 3 is 2.81 bits per heavy atom. The third-order valence-electron chi connectivity index (χ3n) is 3.88. The van der Waals surface area contributed by atoms with Crippen LogP contribution in [-0.2, 0) is 0 Å². The number of ketones is 1. The summed E-state index contributed by atoms with van der Waals surface area (Å²) >= 11 is 13.4. The summed E-state index contributed by atoms with van der Waals surface area (Å²) < 4.78 is 0. The molecule has 4 aromatic rings. The fourth-order valence-corrected chi connectivity index (χ4v) is 3.97. The molecule has 2 heterocycles. The largest absolute Gasteiger partial charge is 0.398 e. The fraction of sp³-hybridized carbons (Fsp3) is 0. The molecule has 27 heavy (non-hydrogen) atoms. The number of anilines is 4. The first-order chi connectivity index (χ1) is 12.9. The lowest BCUT2D eigenvalue weighted by Crippen LogP contribution is -2.05. The molecule has 0 unspecified atom stereocenters. The number of aromatic amines is 1. The number of rotatable bonds is 4. The third-order valence-corrected chi connectivity index (χ3v) is 5.59. The number of hydrogen-bond acceptors (Lipinski definition) is 7. The molecular formula is C17H12Cl2N6OS. The van der Waals surface area contributed by atoms with Gasteiger partial charge >= 0.3 is 0 Å². The average Bonchev–Trinajstić information content (AvgIpc) is 3.24. The van der Waals surface area contributed by atoms with E-state index < -0.39 is 5.78 Å². The van der Waals surface area contributed by atoms with Gasteiger partial charge in [-0.2, -0.15) is 0 Å². The summed E-state index contributed by atoms with van der Waals surface area (Å²) in [5.74, 6) is -0.339. The standard InChI is InChI=1S/C17H12Cl2N6OS/c18-8-2-3-9(20)13(19)12(8)14(26)15-16(21)25-17(27-15)24-7-1-4-10-11(5-7)23-6-22-10/h1-6H,20-21H2,(H,22,23)(H,24,25). The van der Waals surface area contributed by atoms with Gasteiger partial charge in [0.15, 0.2) is 5.13 Å². The number of benzene rings is 2. The highest BCUT2D eigenvalue weighted by Crippen LogP contribution is 2.36. The van der Waals surface area contributed by atoms with Crippen LogP contribution in [0.25, 0.3) is 11.0 Å². The van der Waals surface area contributed by atoms with Crippen molar-refractivity contribution in [1.29, 1.82) is 0 Å². The smallest absolute Gasteiger partial charge is 0.209 e. The molecule has 0 spiro atoms. The van der Waals surface area contributed by atoms with E-state index in [4.69, 9.17) is 34.7 Å². The van der Waals surface area contributed by atoms with Crippen molar-refractivity contribution in [1.82, 2.24) is 15.0 Å². The lowest BCUT2D eigenvalue weighted by atomic mass is 10.1. The first-order valence-electron chi connectivity index (χ1n) is 7.68. The highest BCUT2D eigenvalue weighted by molar-refractivity contribution is 7.18. The first-order valence-corrected chi connectivity index (χ1v) is 9.26. The monoisotopic (exact) mass is 418 g/mol. The van der Waals surface area contributed by atoms with Crippen LogP contribution in [0.1, 0.15) is 15.2 Å². The fourth-order valence-electron chi connectivity index (χ4n) is 2.58. The second kappa shape index (κ2) is 6.73. The van der Waals surface area contributed by atoms with E-state index in [-0.39, 0.29) is 32.0 Å². The van der Waals surface area contributed by atoms with Gasteiger partial charge in [-0.1, -0.05) is 34.5 Å². The number of carbonyl (C=O) groups excluding carboxylic acids is 1. The molecule has 0 bridgehead atoms. The van der Waals surface area contributed by atoms with Crippen LogP contribution in [0, 0.1) is 0 Å². The lowest BCUT2D eigenvalue weighted by Gasteiger charge is -2.07. The van der Waals surface area contributed by atoms with Crippen molar-refractivity contribution in [2.75, 3.05) is 16.8 Å². The molecule has 0 saturated carbocycles. The summed E-state index contributed by atoms with van der Waals surface area (Å²) in [6.07, 6.45) is 1.62. The topological polar surface area (TPSA) is 123 Å². The van der Waals surface area contributed by atoms with Crippen molar-refractivity contribution in [3.63, 3.8) is 0 Å². The van der Waals surface area contributed by atoms with E-state index >= 15 is 0 Å². The number of hydrogen-bond donors (Lipinski definition) is 4. The number of nitrogens with zero attached hydrogens (tertiary/aromatic N) is 2. The van der Waals surface area contributed by atoms with Crippen molar-refractivity contribution in [2.45, 2.75) is 0 Å². The minimum absolute atomic E-state index is 0.0877. The van der Waals surface area contributed by atoms with Gasteiger partial charge in [-0.15, -0.1) is 0 Å². The van der Waals surface area contributed by atoms with Crippen LogP contribution in [0.3, 0.4) is 0 Å². The Balaban J connectivity index is 1.67. The van der Waals surface area contributed by atoms with Crippen molar-refractivity contribution in [3.05, 3.63) is 57.1 Å². The molecule has 0 saturated heterocycles. The van der Waals surface area contributed by atoms with Crippen molar-refractivity contribution < 1.29 is 4.79 Å².